The largest absolute Gasteiger partial charge is 0.370 e. The molecule has 1 fully saturated rings. The Morgan fingerprint density at radius 2 is 2.28 bits per heavy atom. The predicted octanol–water partition coefficient (Wildman–Crippen LogP) is 2.94. The summed E-state index contributed by atoms with van der Waals surface area (Å²) in [4.78, 5) is 4.47. The second-order valence-corrected chi connectivity index (χ2v) is 5.46. The number of hydrogen-bond donors (Lipinski definition) is 1. The molecule has 1 aliphatic rings. The summed E-state index contributed by atoms with van der Waals surface area (Å²) in [6.45, 7) is 6.26. The molecule has 0 radical (unpaired) electrons. The van der Waals surface area contributed by atoms with Crippen molar-refractivity contribution in [3.05, 3.63) is 30.1 Å². The first-order chi connectivity index (χ1) is 8.77. The van der Waals surface area contributed by atoms with E-state index in [2.05, 4.69) is 30.2 Å². The second-order valence-electron chi connectivity index (χ2n) is 5.46. The maximum atomic E-state index is 6.10. The van der Waals surface area contributed by atoms with Crippen LogP contribution in [0.1, 0.15) is 44.9 Å². The van der Waals surface area contributed by atoms with E-state index < -0.39 is 0 Å². The monoisotopic (exact) mass is 248 g/mol. The van der Waals surface area contributed by atoms with Gasteiger partial charge in [-0.25, -0.2) is 0 Å². The van der Waals surface area contributed by atoms with Crippen LogP contribution < -0.4 is 5.32 Å². The fourth-order valence-corrected chi connectivity index (χ4v) is 2.39. The molecule has 3 nitrogen and oxygen atoms in total. The van der Waals surface area contributed by atoms with Gasteiger partial charge in [-0.2, -0.15) is 0 Å². The zero-order chi connectivity index (χ0) is 12.8. The van der Waals surface area contributed by atoms with Gasteiger partial charge in [-0.3, -0.25) is 4.98 Å². The van der Waals surface area contributed by atoms with Gasteiger partial charge in [0, 0.05) is 18.8 Å². The van der Waals surface area contributed by atoms with Crippen LogP contribution in [0.3, 0.4) is 0 Å². The molecule has 2 rings (SSSR count). The number of ether oxygens (including phenoxy) is 1. The molecule has 1 aromatic rings. The van der Waals surface area contributed by atoms with Crippen LogP contribution in [-0.4, -0.2) is 24.2 Å². The van der Waals surface area contributed by atoms with Crippen molar-refractivity contribution in [2.24, 2.45) is 5.92 Å². The van der Waals surface area contributed by atoms with Gasteiger partial charge >= 0.3 is 0 Å². The molecule has 0 aromatic carbocycles. The van der Waals surface area contributed by atoms with Gasteiger partial charge in [0.1, 0.15) is 6.10 Å². The molecule has 3 heteroatoms. The first-order valence-electron chi connectivity index (χ1n) is 7.03. The first-order valence-corrected chi connectivity index (χ1v) is 7.03. The van der Waals surface area contributed by atoms with Crippen molar-refractivity contribution in [3.63, 3.8) is 0 Å². The molecule has 0 bridgehead atoms. The minimum Gasteiger partial charge on any atom is -0.370 e. The van der Waals surface area contributed by atoms with E-state index in [1.165, 1.54) is 19.3 Å². The number of hydrogen-bond acceptors (Lipinski definition) is 3. The normalized spacial score (nSPS) is 22.1. The van der Waals surface area contributed by atoms with Crippen LogP contribution >= 0.6 is 0 Å². The molecule has 1 aliphatic heterocycles. The van der Waals surface area contributed by atoms with E-state index in [1.807, 2.05) is 18.3 Å². The van der Waals surface area contributed by atoms with Gasteiger partial charge in [-0.05, 0) is 37.4 Å². The van der Waals surface area contributed by atoms with E-state index in [9.17, 15) is 0 Å². The third-order valence-electron chi connectivity index (χ3n) is 3.30. The SMILES string of the molecule is CC(C)COC(c1ccccn1)C1CCCCN1. The minimum atomic E-state index is 0.0916. The van der Waals surface area contributed by atoms with Crippen molar-refractivity contribution < 1.29 is 4.74 Å². The molecule has 0 saturated carbocycles. The molecule has 2 unspecified atom stereocenters. The summed E-state index contributed by atoms with van der Waals surface area (Å²) in [7, 11) is 0. The van der Waals surface area contributed by atoms with E-state index in [-0.39, 0.29) is 6.10 Å². The summed E-state index contributed by atoms with van der Waals surface area (Å²) < 4.78 is 6.10. The number of piperidine rings is 1. The van der Waals surface area contributed by atoms with Crippen LogP contribution in [0, 0.1) is 5.92 Å². The highest BCUT2D eigenvalue weighted by molar-refractivity contribution is 5.09. The Morgan fingerprint density at radius 1 is 1.39 bits per heavy atom. The molecule has 0 amide bonds. The van der Waals surface area contributed by atoms with E-state index in [0.29, 0.717) is 12.0 Å². The molecular formula is C15H24N2O. The van der Waals surface area contributed by atoms with Gasteiger partial charge in [0.2, 0.25) is 0 Å². The summed E-state index contributed by atoms with van der Waals surface area (Å²) >= 11 is 0. The molecule has 1 N–H and O–H groups in total. The van der Waals surface area contributed by atoms with Crippen LogP contribution in [0.4, 0.5) is 0 Å². The predicted molar refractivity (Wildman–Crippen MR) is 73.4 cm³/mol. The highest BCUT2D eigenvalue weighted by Crippen LogP contribution is 2.25. The van der Waals surface area contributed by atoms with Crippen LogP contribution in [0.15, 0.2) is 24.4 Å². The Labute approximate surface area is 110 Å². The lowest BCUT2D eigenvalue weighted by Crippen LogP contribution is -2.40. The van der Waals surface area contributed by atoms with Crippen molar-refractivity contribution in [2.45, 2.75) is 45.3 Å². The van der Waals surface area contributed by atoms with Crippen molar-refractivity contribution in [1.82, 2.24) is 10.3 Å². The lowest BCUT2D eigenvalue weighted by Gasteiger charge is -2.31. The van der Waals surface area contributed by atoms with Crippen LogP contribution in [0.5, 0.6) is 0 Å². The van der Waals surface area contributed by atoms with Crippen LogP contribution in [0.25, 0.3) is 0 Å². The molecule has 0 spiro atoms. The molecular weight excluding hydrogens is 224 g/mol. The van der Waals surface area contributed by atoms with Crippen LogP contribution in [-0.2, 0) is 4.74 Å². The quantitative estimate of drug-likeness (QED) is 0.870. The smallest absolute Gasteiger partial charge is 0.115 e. The summed E-state index contributed by atoms with van der Waals surface area (Å²) in [5.74, 6) is 0.555. The second kappa shape index (κ2) is 6.86. The fraction of sp³-hybridized carbons (Fsp3) is 0.667. The fourth-order valence-electron chi connectivity index (χ4n) is 2.39. The molecule has 2 heterocycles. The van der Waals surface area contributed by atoms with Crippen molar-refractivity contribution >= 4 is 0 Å². The Morgan fingerprint density at radius 3 is 2.89 bits per heavy atom. The van der Waals surface area contributed by atoms with Gasteiger partial charge in [0.15, 0.2) is 0 Å². The summed E-state index contributed by atoms with van der Waals surface area (Å²) in [5, 5.41) is 3.58. The lowest BCUT2D eigenvalue weighted by atomic mass is 9.97. The zero-order valence-corrected chi connectivity index (χ0v) is 11.4. The molecule has 1 saturated heterocycles. The highest BCUT2D eigenvalue weighted by Gasteiger charge is 2.26. The third-order valence-corrected chi connectivity index (χ3v) is 3.30. The Balaban J connectivity index is 2.06. The highest BCUT2D eigenvalue weighted by atomic mass is 16.5. The topological polar surface area (TPSA) is 34.1 Å². The number of nitrogens with zero attached hydrogens (tertiary/aromatic N) is 1. The number of rotatable bonds is 5. The van der Waals surface area contributed by atoms with Crippen molar-refractivity contribution in [3.8, 4) is 0 Å². The van der Waals surface area contributed by atoms with Gasteiger partial charge in [0.25, 0.3) is 0 Å². The lowest BCUT2D eigenvalue weighted by molar-refractivity contribution is 0.00154. The molecule has 2 atom stereocenters. The maximum absolute atomic E-state index is 6.10. The zero-order valence-electron chi connectivity index (χ0n) is 11.4. The summed E-state index contributed by atoms with van der Waals surface area (Å²) in [6.07, 6.45) is 5.68. The Hall–Kier alpha value is -0.930. The molecule has 100 valence electrons. The van der Waals surface area contributed by atoms with E-state index >= 15 is 0 Å². The van der Waals surface area contributed by atoms with Gasteiger partial charge in [0.05, 0.1) is 5.69 Å². The minimum absolute atomic E-state index is 0.0916. The third kappa shape index (κ3) is 3.79. The van der Waals surface area contributed by atoms with Crippen molar-refractivity contribution in [2.75, 3.05) is 13.2 Å². The molecule has 0 aliphatic carbocycles. The van der Waals surface area contributed by atoms with E-state index in [1.54, 1.807) is 0 Å². The van der Waals surface area contributed by atoms with Gasteiger partial charge < -0.3 is 10.1 Å². The average molecular weight is 248 g/mol. The summed E-state index contributed by atoms with van der Waals surface area (Å²) in [5.41, 5.74) is 1.05. The first kappa shape index (κ1) is 13.5. The number of aromatic nitrogens is 1. The maximum Gasteiger partial charge on any atom is 0.115 e. The number of nitrogens with one attached hydrogen (secondary N) is 1. The molecule has 18 heavy (non-hydrogen) atoms. The average Bonchev–Trinajstić information content (AvgIpc) is 2.41. The standard InChI is InChI=1S/C15H24N2O/c1-12(2)11-18-15(13-7-3-5-9-16-13)14-8-4-6-10-17-14/h3,5,7,9,12,14-15,17H,4,6,8,10-11H2,1-2H3. The Bertz CT molecular complexity index is 334. The van der Waals surface area contributed by atoms with E-state index in [4.69, 9.17) is 4.74 Å². The van der Waals surface area contributed by atoms with Gasteiger partial charge in [-0.1, -0.05) is 26.3 Å². The number of pyridine rings is 1. The van der Waals surface area contributed by atoms with E-state index in [0.717, 1.165) is 18.8 Å². The summed E-state index contributed by atoms with van der Waals surface area (Å²) in [6, 6.07) is 6.47. The Kier molecular flexibility index (Phi) is 5.14. The van der Waals surface area contributed by atoms with Crippen molar-refractivity contribution in [1.29, 1.82) is 0 Å². The van der Waals surface area contributed by atoms with Crippen LogP contribution in [0.2, 0.25) is 0 Å². The van der Waals surface area contributed by atoms with Gasteiger partial charge in [-0.15, -0.1) is 0 Å². The molecule has 1 aromatic heterocycles.